The molecule has 0 saturated heterocycles. The summed E-state index contributed by atoms with van der Waals surface area (Å²) >= 11 is 0. The summed E-state index contributed by atoms with van der Waals surface area (Å²) in [6, 6.07) is 0. The number of hydrogen-bond donors (Lipinski definition) is 0. The maximum Gasteiger partial charge on any atom is 0.330 e. The SMILES string of the molecule is CC(=O)C/C=C/C(=O)OC(C)(C)C. The van der Waals surface area contributed by atoms with Crippen LogP contribution in [0.4, 0.5) is 0 Å². The van der Waals surface area contributed by atoms with Gasteiger partial charge in [0.15, 0.2) is 0 Å². The van der Waals surface area contributed by atoms with E-state index in [2.05, 4.69) is 0 Å². The maximum atomic E-state index is 11.0. The van der Waals surface area contributed by atoms with E-state index in [4.69, 9.17) is 4.74 Å². The van der Waals surface area contributed by atoms with Crippen LogP contribution < -0.4 is 0 Å². The second kappa shape index (κ2) is 4.80. The molecule has 0 aliphatic carbocycles. The quantitative estimate of drug-likeness (QED) is 0.496. The Hall–Kier alpha value is -1.12. The van der Waals surface area contributed by atoms with Crippen LogP contribution in [-0.4, -0.2) is 17.4 Å². The average Bonchev–Trinajstić information content (AvgIpc) is 1.81. The van der Waals surface area contributed by atoms with Crippen molar-refractivity contribution in [2.75, 3.05) is 0 Å². The van der Waals surface area contributed by atoms with Crippen LogP contribution in [0.15, 0.2) is 12.2 Å². The highest BCUT2D eigenvalue weighted by atomic mass is 16.6. The molecule has 3 nitrogen and oxygen atoms in total. The molecule has 0 aliphatic rings. The molecule has 0 aromatic rings. The number of hydrogen-bond acceptors (Lipinski definition) is 3. The van der Waals surface area contributed by atoms with Gasteiger partial charge in [0.05, 0.1) is 0 Å². The Balaban J connectivity index is 3.88. The third-order valence-electron chi connectivity index (χ3n) is 1.07. The first kappa shape index (κ1) is 11.9. The van der Waals surface area contributed by atoms with Gasteiger partial charge in [-0.15, -0.1) is 0 Å². The molecule has 0 saturated carbocycles. The summed E-state index contributed by atoms with van der Waals surface area (Å²) in [4.78, 5) is 21.5. The largest absolute Gasteiger partial charge is 0.457 e. The average molecular weight is 184 g/mol. The lowest BCUT2D eigenvalue weighted by Gasteiger charge is -2.17. The van der Waals surface area contributed by atoms with Crippen LogP contribution in [0.2, 0.25) is 0 Å². The molecule has 0 amide bonds. The minimum atomic E-state index is -0.475. The fraction of sp³-hybridized carbons (Fsp3) is 0.600. The van der Waals surface area contributed by atoms with Gasteiger partial charge in [0, 0.05) is 12.5 Å². The molecule has 0 aliphatic heterocycles. The molecule has 74 valence electrons. The van der Waals surface area contributed by atoms with E-state index in [-0.39, 0.29) is 12.2 Å². The van der Waals surface area contributed by atoms with Crippen LogP contribution in [0, 0.1) is 0 Å². The summed E-state index contributed by atoms with van der Waals surface area (Å²) in [6.07, 6.45) is 3.07. The molecule has 0 aromatic carbocycles. The lowest BCUT2D eigenvalue weighted by Crippen LogP contribution is -2.22. The monoisotopic (exact) mass is 184 g/mol. The second-order valence-corrected chi connectivity index (χ2v) is 3.84. The molecule has 0 atom stereocenters. The smallest absolute Gasteiger partial charge is 0.330 e. The molecular weight excluding hydrogens is 168 g/mol. The molecule has 0 heterocycles. The van der Waals surface area contributed by atoms with Crippen molar-refractivity contribution in [2.24, 2.45) is 0 Å². The number of rotatable bonds is 3. The van der Waals surface area contributed by atoms with E-state index in [0.29, 0.717) is 0 Å². The first-order chi connectivity index (χ1) is 5.81. The molecule has 0 N–H and O–H groups in total. The lowest BCUT2D eigenvalue weighted by molar-refractivity contribution is -0.148. The minimum absolute atomic E-state index is 0.0276. The van der Waals surface area contributed by atoms with Crippen LogP contribution in [0.1, 0.15) is 34.1 Å². The minimum Gasteiger partial charge on any atom is -0.457 e. The van der Waals surface area contributed by atoms with Gasteiger partial charge < -0.3 is 4.74 Å². The van der Waals surface area contributed by atoms with E-state index < -0.39 is 11.6 Å². The van der Waals surface area contributed by atoms with Crippen molar-refractivity contribution in [2.45, 2.75) is 39.7 Å². The topological polar surface area (TPSA) is 43.4 Å². The third kappa shape index (κ3) is 8.79. The van der Waals surface area contributed by atoms with Crippen molar-refractivity contribution >= 4 is 11.8 Å². The van der Waals surface area contributed by atoms with Crippen LogP contribution in [0.25, 0.3) is 0 Å². The normalized spacial score (nSPS) is 11.7. The summed E-state index contributed by atoms with van der Waals surface area (Å²) in [5.41, 5.74) is -0.475. The first-order valence-electron chi connectivity index (χ1n) is 4.20. The number of carbonyl (C=O) groups is 2. The van der Waals surface area contributed by atoms with E-state index in [0.717, 1.165) is 0 Å². The number of allylic oxidation sites excluding steroid dienone is 1. The summed E-state index contributed by atoms with van der Waals surface area (Å²) in [5, 5.41) is 0. The van der Waals surface area contributed by atoms with Crippen LogP contribution in [-0.2, 0) is 14.3 Å². The molecule has 0 rings (SSSR count). The third-order valence-corrected chi connectivity index (χ3v) is 1.07. The summed E-state index contributed by atoms with van der Waals surface area (Å²) in [5.74, 6) is -0.381. The molecule has 0 radical (unpaired) electrons. The van der Waals surface area contributed by atoms with Gasteiger partial charge in [-0.1, -0.05) is 6.08 Å². The molecule has 3 heteroatoms. The number of ketones is 1. The highest BCUT2D eigenvalue weighted by Gasteiger charge is 2.13. The summed E-state index contributed by atoms with van der Waals surface area (Å²) < 4.78 is 4.98. The predicted octanol–water partition coefficient (Wildman–Crippen LogP) is 1.86. The molecule has 0 unspecified atom stereocenters. The van der Waals surface area contributed by atoms with Gasteiger partial charge in [0.25, 0.3) is 0 Å². The van der Waals surface area contributed by atoms with E-state index in [9.17, 15) is 9.59 Å². The second-order valence-electron chi connectivity index (χ2n) is 3.84. The van der Waals surface area contributed by atoms with Crippen LogP contribution in [0.3, 0.4) is 0 Å². The van der Waals surface area contributed by atoms with Gasteiger partial charge in [0.2, 0.25) is 0 Å². The van der Waals surface area contributed by atoms with Gasteiger partial charge in [-0.25, -0.2) is 4.79 Å². The molecule has 13 heavy (non-hydrogen) atoms. The number of Topliss-reactive ketones (excluding diaryl/α,β-unsaturated/α-hetero) is 1. The van der Waals surface area contributed by atoms with Crippen molar-refractivity contribution in [3.63, 3.8) is 0 Å². The number of ether oxygens (including phenoxy) is 1. The summed E-state index contributed by atoms with van der Waals surface area (Å²) in [6.45, 7) is 6.86. The Morgan fingerprint density at radius 1 is 1.31 bits per heavy atom. The fourth-order valence-corrected chi connectivity index (χ4v) is 0.657. The molecule has 0 aromatic heterocycles. The Labute approximate surface area is 78.8 Å². The Morgan fingerprint density at radius 3 is 2.23 bits per heavy atom. The van der Waals surface area contributed by atoms with Crippen molar-refractivity contribution in [3.05, 3.63) is 12.2 Å². The van der Waals surface area contributed by atoms with Crippen molar-refractivity contribution in [1.82, 2.24) is 0 Å². The predicted molar refractivity (Wildman–Crippen MR) is 50.3 cm³/mol. The van der Waals surface area contributed by atoms with Gasteiger partial charge >= 0.3 is 5.97 Å². The van der Waals surface area contributed by atoms with E-state index in [1.54, 1.807) is 20.8 Å². The zero-order valence-corrected chi connectivity index (χ0v) is 8.59. The Bertz CT molecular complexity index is 221. The zero-order chi connectivity index (χ0) is 10.5. The summed E-state index contributed by atoms with van der Waals surface area (Å²) in [7, 11) is 0. The molecule has 0 fully saturated rings. The number of carbonyl (C=O) groups excluding carboxylic acids is 2. The van der Waals surface area contributed by atoms with E-state index >= 15 is 0 Å². The highest BCUT2D eigenvalue weighted by molar-refractivity contribution is 5.84. The van der Waals surface area contributed by atoms with Crippen molar-refractivity contribution in [3.8, 4) is 0 Å². The maximum absolute atomic E-state index is 11.0. The van der Waals surface area contributed by atoms with Crippen molar-refractivity contribution in [1.29, 1.82) is 0 Å². The Morgan fingerprint density at radius 2 is 1.85 bits per heavy atom. The van der Waals surface area contributed by atoms with Gasteiger partial charge in [-0.2, -0.15) is 0 Å². The molecular formula is C10H16O3. The Kier molecular flexibility index (Phi) is 4.38. The van der Waals surface area contributed by atoms with Gasteiger partial charge in [0.1, 0.15) is 11.4 Å². The highest BCUT2D eigenvalue weighted by Crippen LogP contribution is 2.07. The standard InChI is InChI=1S/C10H16O3/c1-8(11)6-5-7-9(12)13-10(2,3)4/h5,7H,6H2,1-4H3/b7-5+. The first-order valence-corrected chi connectivity index (χ1v) is 4.20. The van der Waals surface area contributed by atoms with Crippen LogP contribution >= 0.6 is 0 Å². The van der Waals surface area contributed by atoms with E-state index in [1.165, 1.54) is 19.1 Å². The lowest BCUT2D eigenvalue weighted by atomic mass is 10.2. The van der Waals surface area contributed by atoms with Crippen LogP contribution in [0.5, 0.6) is 0 Å². The van der Waals surface area contributed by atoms with Crippen molar-refractivity contribution < 1.29 is 14.3 Å². The molecule has 0 spiro atoms. The number of esters is 1. The zero-order valence-electron chi connectivity index (χ0n) is 8.59. The van der Waals surface area contributed by atoms with Gasteiger partial charge in [-0.3, -0.25) is 4.79 Å². The fourth-order valence-electron chi connectivity index (χ4n) is 0.657. The van der Waals surface area contributed by atoms with Gasteiger partial charge in [-0.05, 0) is 27.7 Å². The molecule has 0 bridgehead atoms. The van der Waals surface area contributed by atoms with E-state index in [1.807, 2.05) is 0 Å².